The molecule has 1 saturated heterocycles. The Hall–Kier alpha value is -2.80. The third-order valence-electron chi connectivity index (χ3n) is 4.86. The average Bonchev–Trinajstić information content (AvgIpc) is 2.69. The Labute approximate surface area is 155 Å². The van der Waals surface area contributed by atoms with E-state index in [1.165, 1.54) is 12.0 Å². The van der Waals surface area contributed by atoms with E-state index >= 15 is 0 Å². The highest BCUT2D eigenvalue weighted by Gasteiger charge is 2.20. The van der Waals surface area contributed by atoms with Crippen LogP contribution in [0.25, 0.3) is 0 Å². The van der Waals surface area contributed by atoms with Crippen molar-refractivity contribution in [2.24, 2.45) is 0 Å². The lowest BCUT2D eigenvalue weighted by atomic mass is 10.1. The molecule has 0 atom stereocenters. The van der Waals surface area contributed by atoms with Crippen molar-refractivity contribution in [3.05, 3.63) is 65.2 Å². The first-order valence-electron chi connectivity index (χ1n) is 9.24. The highest BCUT2D eigenvalue weighted by atomic mass is 16.2. The van der Waals surface area contributed by atoms with Crippen LogP contribution in [0.1, 0.15) is 36.0 Å². The minimum atomic E-state index is 0.182. The molecule has 0 spiro atoms. The van der Waals surface area contributed by atoms with Gasteiger partial charge in [-0.3, -0.25) is 4.79 Å². The summed E-state index contributed by atoms with van der Waals surface area (Å²) >= 11 is 0. The Morgan fingerprint density at radius 2 is 1.85 bits per heavy atom. The fourth-order valence-corrected chi connectivity index (χ4v) is 3.36. The summed E-state index contributed by atoms with van der Waals surface area (Å²) in [5.41, 5.74) is 3.91. The quantitative estimate of drug-likeness (QED) is 0.824. The molecular weight excluding hydrogens is 322 g/mol. The smallest absolute Gasteiger partial charge is 0.242 e. The van der Waals surface area contributed by atoms with Crippen LogP contribution in [0.4, 0.5) is 5.69 Å². The lowest BCUT2D eigenvalue weighted by Gasteiger charge is -2.31. The van der Waals surface area contributed by atoms with Gasteiger partial charge >= 0.3 is 0 Å². The van der Waals surface area contributed by atoms with Crippen LogP contribution in [0.2, 0.25) is 0 Å². The third kappa shape index (κ3) is 4.64. The van der Waals surface area contributed by atoms with Crippen molar-refractivity contribution in [2.45, 2.75) is 32.7 Å². The predicted molar refractivity (Wildman–Crippen MR) is 104 cm³/mol. The molecule has 0 aromatic heterocycles. The molecule has 1 amide bonds. The molecule has 1 fully saturated rings. The van der Waals surface area contributed by atoms with Gasteiger partial charge in [-0.25, -0.2) is 0 Å². The minimum absolute atomic E-state index is 0.182. The normalized spacial score (nSPS) is 13.9. The molecule has 2 aromatic rings. The zero-order valence-corrected chi connectivity index (χ0v) is 15.3. The Bertz CT molecular complexity index is 786. The second kappa shape index (κ2) is 8.53. The van der Waals surface area contributed by atoms with Gasteiger partial charge in [-0.05, 0) is 56.0 Å². The number of carbonyl (C=O) groups excluding carboxylic acids is 1. The Morgan fingerprint density at radius 3 is 2.54 bits per heavy atom. The summed E-state index contributed by atoms with van der Waals surface area (Å²) in [6.45, 7) is 4.76. The van der Waals surface area contributed by atoms with E-state index < -0.39 is 0 Å². The zero-order chi connectivity index (χ0) is 18.4. The minimum Gasteiger partial charge on any atom is -0.358 e. The van der Waals surface area contributed by atoms with Crippen LogP contribution >= 0.6 is 0 Å². The lowest BCUT2D eigenvalue weighted by molar-refractivity contribution is -0.130. The number of rotatable bonds is 5. The van der Waals surface area contributed by atoms with Crippen molar-refractivity contribution in [2.75, 3.05) is 24.5 Å². The van der Waals surface area contributed by atoms with Crippen LogP contribution in [0.5, 0.6) is 0 Å². The summed E-state index contributed by atoms with van der Waals surface area (Å²) in [5, 5.41) is 9.13. The molecule has 1 heterocycles. The van der Waals surface area contributed by atoms with E-state index in [1.807, 2.05) is 23.1 Å². The summed E-state index contributed by atoms with van der Waals surface area (Å²) in [7, 11) is 0. The van der Waals surface area contributed by atoms with E-state index in [1.54, 1.807) is 6.07 Å². The summed E-state index contributed by atoms with van der Waals surface area (Å²) < 4.78 is 0. The van der Waals surface area contributed by atoms with Gasteiger partial charge in [-0.15, -0.1) is 0 Å². The van der Waals surface area contributed by atoms with Crippen LogP contribution in [0.3, 0.4) is 0 Å². The van der Waals surface area contributed by atoms with E-state index in [0.717, 1.165) is 37.2 Å². The summed E-state index contributed by atoms with van der Waals surface area (Å²) in [6.07, 6.45) is 3.41. The number of amides is 1. The highest BCUT2D eigenvalue weighted by Crippen LogP contribution is 2.20. The molecule has 3 rings (SSSR count). The fraction of sp³-hybridized carbons (Fsp3) is 0.364. The maximum Gasteiger partial charge on any atom is 0.242 e. The first-order chi connectivity index (χ1) is 12.7. The van der Waals surface area contributed by atoms with Gasteiger partial charge < -0.3 is 9.80 Å². The van der Waals surface area contributed by atoms with Crippen molar-refractivity contribution in [3.63, 3.8) is 0 Å². The van der Waals surface area contributed by atoms with Crippen molar-refractivity contribution < 1.29 is 4.79 Å². The van der Waals surface area contributed by atoms with Crippen LogP contribution in [0.15, 0.2) is 48.5 Å². The second-order valence-corrected chi connectivity index (χ2v) is 6.95. The van der Waals surface area contributed by atoms with Gasteiger partial charge in [0, 0.05) is 25.3 Å². The van der Waals surface area contributed by atoms with Crippen molar-refractivity contribution in [1.29, 1.82) is 5.26 Å². The van der Waals surface area contributed by atoms with E-state index in [9.17, 15) is 4.79 Å². The molecule has 134 valence electrons. The summed E-state index contributed by atoms with van der Waals surface area (Å²) in [4.78, 5) is 16.9. The Kier molecular flexibility index (Phi) is 5.91. The molecule has 26 heavy (non-hydrogen) atoms. The SMILES string of the molecule is Cc1ccc(N(CC(=O)N2CCCCC2)Cc2cccc(C#N)c2)cc1. The van der Waals surface area contributed by atoms with Gasteiger partial charge in [-0.2, -0.15) is 5.26 Å². The molecule has 1 aliphatic rings. The third-order valence-corrected chi connectivity index (χ3v) is 4.86. The number of aryl methyl sites for hydroxylation is 1. The molecule has 0 N–H and O–H groups in total. The van der Waals surface area contributed by atoms with Crippen molar-refractivity contribution >= 4 is 11.6 Å². The standard InChI is InChI=1S/C22H25N3O/c1-18-8-10-21(11-9-18)25(16-20-7-5-6-19(14-20)15-23)17-22(26)24-12-3-2-4-13-24/h5-11,14H,2-4,12-13,16-17H2,1H3. The molecule has 0 bridgehead atoms. The first-order valence-corrected chi connectivity index (χ1v) is 9.24. The van der Waals surface area contributed by atoms with E-state index in [-0.39, 0.29) is 5.91 Å². The molecule has 4 heteroatoms. The second-order valence-electron chi connectivity index (χ2n) is 6.95. The molecule has 4 nitrogen and oxygen atoms in total. The topological polar surface area (TPSA) is 47.3 Å². The van der Waals surface area contributed by atoms with Crippen LogP contribution in [0, 0.1) is 18.3 Å². The molecule has 0 radical (unpaired) electrons. The fourth-order valence-electron chi connectivity index (χ4n) is 3.36. The maximum atomic E-state index is 12.8. The highest BCUT2D eigenvalue weighted by molar-refractivity contribution is 5.81. The summed E-state index contributed by atoms with van der Waals surface area (Å²) in [5.74, 6) is 0.182. The number of benzene rings is 2. The zero-order valence-electron chi connectivity index (χ0n) is 15.3. The van der Waals surface area contributed by atoms with Gasteiger partial charge in [0.1, 0.15) is 0 Å². The number of anilines is 1. The largest absolute Gasteiger partial charge is 0.358 e. The van der Waals surface area contributed by atoms with Gasteiger partial charge in [0.2, 0.25) is 5.91 Å². The number of nitrogens with zero attached hydrogens (tertiary/aromatic N) is 3. The van der Waals surface area contributed by atoms with Gasteiger partial charge in [0.05, 0.1) is 18.2 Å². The van der Waals surface area contributed by atoms with Gasteiger partial charge in [0.15, 0.2) is 0 Å². The number of piperidine rings is 1. The molecule has 1 aliphatic heterocycles. The average molecular weight is 347 g/mol. The van der Waals surface area contributed by atoms with Crippen molar-refractivity contribution in [3.8, 4) is 6.07 Å². The Balaban J connectivity index is 1.80. The number of hydrogen-bond donors (Lipinski definition) is 0. The number of nitriles is 1. The monoisotopic (exact) mass is 347 g/mol. The van der Waals surface area contributed by atoms with Crippen LogP contribution in [-0.2, 0) is 11.3 Å². The molecule has 0 saturated carbocycles. The number of hydrogen-bond acceptors (Lipinski definition) is 3. The van der Waals surface area contributed by atoms with Crippen LogP contribution in [-0.4, -0.2) is 30.4 Å². The predicted octanol–water partition coefficient (Wildman–Crippen LogP) is 3.89. The van der Waals surface area contributed by atoms with E-state index in [0.29, 0.717) is 18.7 Å². The summed E-state index contributed by atoms with van der Waals surface area (Å²) in [6, 6.07) is 18.1. The van der Waals surface area contributed by atoms with Gasteiger partial charge in [-0.1, -0.05) is 29.8 Å². The van der Waals surface area contributed by atoms with Crippen LogP contribution < -0.4 is 4.90 Å². The van der Waals surface area contributed by atoms with E-state index in [2.05, 4.69) is 42.2 Å². The number of likely N-dealkylation sites (tertiary alicyclic amines) is 1. The Morgan fingerprint density at radius 1 is 1.12 bits per heavy atom. The van der Waals surface area contributed by atoms with E-state index in [4.69, 9.17) is 5.26 Å². The van der Waals surface area contributed by atoms with Crippen molar-refractivity contribution in [1.82, 2.24) is 4.90 Å². The molecular formula is C22H25N3O. The lowest BCUT2D eigenvalue weighted by Crippen LogP contribution is -2.42. The van der Waals surface area contributed by atoms with Gasteiger partial charge in [0.25, 0.3) is 0 Å². The molecule has 0 aliphatic carbocycles. The first kappa shape index (κ1) is 18.0. The molecule has 2 aromatic carbocycles. The number of carbonyl (C=O) groups is 1. The molecule has 0 unspecified atom stereocenters. The maximum absolute atomic E-state index is 12.8.